The first-order valence-corrected chi connectivity index (χ1v) is 9.76. The van der Waals surface area contributed by atoms with Gasteiger partial charge in [0.15, 0.2) is 0 Å². The van der Waals surface area contributed by atoms with E-state index in [4.69, 9.17) is 4.74 Å². The van der Waals surface area contributed by atoms with Crippen molar-refractivity contribution in [3.05, 3.63) is 65.9 Å². The molecule has 0 N–H and O–H groups in total. The maximum atomic E-state index is 6.04. The Morgan fingerprint density at radius 2 is 1.85 bits per heavy atom. The van der Waals surface area contributed by atoms with Crippen LogP contribution in [0.2, 0.25) is 0 Å². The van der Waals surface area contributed by atoms with Gasteiger partial charge in [-0.1, -0.05) is 30.3 Å². The summed E-state index contributed by atoms with van der Waals surface area (Å²) in [7, 11) is 2.16. The van der Waals surface area contributed by atoms with Gasteiger partial charge >= 0.3 is 0 Å². The largest absolute Gasteiger partial charge is 0.489 e. The third-order valence-electron chi connectivity index (χ3n) is 6.30. The third-order valence-corrected chi connectivity index (χ3v) is 6.30. The predicted molar refractivity (Wildman–Crippen MR) is 106 cm³/mol. The molecule has 0 radical (unpaired) electrons. The average molecular weight is 346 g/mol. The quantitative estimate of drug-likeness (QED) is 0.689. The van der Waals surface area contributed by atoms with Crippen LogP contribution < -0.4 is 4.74 Å². The van der Waals surface area contributed by atoms with Crippen LogP contribution in [0.1, 0.15) is 29.9 Å². The molecule has 4 heterocycles. The Labute approximate surface area is 155 Å². The lowest BCUT2D eigenvalue weighted by atomic mass is 9.75. The van der Waals surface area contributed by atoms with Gasteiger partial charge in [0, 0.05) is 37.2 Å². The molecule has 1 aromatic heterocycles. The van der Waals surface area contributed by atoms with Crippen LogP contribution in [0.15, 0.2) is 54.7 Å². The number of hydrogen-bond donors (Lipinski definition) is 0. The van der Waals surface area contributed by atoms with Crippen molar-refractivity contribution in [3.63, 3.8) is 0 Å². The lowest BCUT2D eigenvalue weighted by Gasteiger charge is -2.44. The molecule has 0 aliphatic carbocycles. The summed E-state index contributed by atoms with van der Waals surface area (Å²) in [6, 6.07) is 17.0. The summed E-state index contributed by atoms with van der Waals surface area (Å²) < 4.78 is 8.31. The SMILES string of the molecule is Cn1cc(C2CN3CCC2CC3)c2ccc(OCc3ccccc3)cc21. The number of aryl methyl sites for hydroxylation is 1. The fraction of sp³-hybridized carbons (Fsp3) is 0.391. The van der Waals surface area contributed by atoms with Crippen molar-refractivity contribution in [2.24, 2.45) is 13.0 Å². The highest BCUT2D eigenvalue weighted by atomic mass is 16.5. The second-order valence-electron chi connectivity index (χ2n) is 7.89. The van der Waals surface area contributed by atoms with Gasteiger partial charge in [-0.3, -0.25) is 0 Å². The summed E-state index contributed by atoms with van der Waals surface area (Å²) in [4.78, 5) is 2.64. The van der Waals surface area contributed by atoms with Crippen LogP contribution in [-0.4, -0.2) is 29.1 Å². The predicted octanol–water partition coefficient (Wildman–Crippen LogP) is 4.57. The molecule has 3 aromatic rings. The monoisotopic (exact) mass is 346 g/mol. The summed E-state index contributed by atoms with van der Waals surface area (Å²) in [5, 5.41) is 1.40. The Kier molecular flexibility index (Phi) is 3.97. The van der Waals surface area contributed by atoms with E-state index in [-0.39, 0.29) is 0 Å². The van der Waals surface area contributed by atoms with Crippen LogP contribution in [0, 0.1) is 5.92 Å². The van der Waals surface area contributed by atoms with Gasteiger partial charge < -0.3 is 14.2 Å². The molecule has 6 rings (SSSR count). The normalized spacial score (nSPS) is 24.9. The molecule has 1 unspecified atom stereocenters. The fourth-order valence-electron chi connectivity index (χ4n) is 4.84. The van der Waals surface area contributed by atoms with E-state index in [1.54, 1.807) is 0 Å². The molecule has 3 aliphatic heterocycles. The number of nitrogens with zero attached hydrogens (tertiary/aromatic N) is 2. The van der Waals surface area contributed by atoms with Gasteiger partial charge in [-0.2, -0.15) is 0 Å². The Morgan fingerprint density at radius 3 is 2.58 bits per heavy atom. The smallest absolute Gasteiger partial charge is 0.121 e. The molecular formula is C23H26N2O. The second kappa shape index (κ2) is 6.48. The number of ether oxygens (including phenoxy) is 1. The number of fused-ring (bicyclic) bond motifs is 4. The Bertz CT molecular complexity index is 907. The maximum absolute atomic E-state index is 6.04. The number of aromatic nitrogens is 1. The highest BCUT2D eigenvalue weighted by molar-refractivity contribution is 5.86. The fourth-order valence-corrected chi connectivity index (χ4v) is 4.84. The third kappa shape index (κ3) is 2.80. The number of piperidine rings is 3. The van der Waals surface area contributed by atoms with E-state index in [9.17, 15) is 0 Å². The van der Waals surface area contributed by atoms with Crippen molar-refractivity contribution in [2.45, 2.75) is 25.4 Å². The number of hydrogen-bond acceptors (Lipinski definition) is 2. The van der Waals surface area contributed by atoms with Crippen molar-refractivity contribution < 1.29 is 4.74 Å². The topological polar surface area (TPSA) is 17.4 Å². The Morgan fingerprint density at radius 1 is 1.04 bits per heavy atom. The molecule has 26 heavy (non-hydrogen) atoms. The van der Waals surface area contributed by atoms with E-state index in [0.29, 0.717) is 12.5 Å². The van der Waals surface area contributed by atoms with E-state index in [1.165, 1.54) is 54.5 Å². The lowest BCUT2D eigenvalue weighted by molar-refractivity contribution is 0.0876. The molecule has 3 saturated heterocycles. The summed E-state index contributed by atoms with van der Waals surface area (Å²) in [5.41, 5.74) is 4.01. The van der Waals surface area contributed by atoms with Crippen molar-refractivity contribution in [2.75, 3.05) is 19.6 Å². The zero-order chi connectivity index (χ0) is 17.5. The first-order chi connectivity index (χ1) is 12.8. The van der Waals surface area contributed by atoms with E-state index in [1.807, 2.05) is 6.07 Å². The van der Waals surface area contributed by atoms with Crippen LogP contribution in [0.3, 0.4) is 0 Å². The first kappa shape index (κ1) is 16.0. The minimum absolute atomic E-state index is 0.614. The van der Waals surface area contributed by atoms with Gasteiger partial charge in [-0.25, -0.2) is 0 Å². The highest BCUT2D eigenvalue weighted by Crippen LogP contribution is 2.42. The van der Waals surface area contributed by atoms with Crippen LogP contribution >= 0.6 is 0 Å². The van der Waals surface area contributed by atoms with E-state index >= 15 is 0 Å². The second-order valence-corrected chi connectivity index (χ2v) is 7.89. The Hall–Kier alpha value is -2.26. The average Bonchev–Trinajstić information content (AvgIpc) is 3.04. The number of benzene rings is 2. The van der Waals surface area contributed by atoms with Gasteiger partial charge in [0.2, 0.25) is 0 Å². The standard InChI is InChI=1S/C23H26N2O/c1-24-14-22(21-15-25-11-9-18(21)10-12-25)20-8-7-19(13-23(20)24)26-16-17-5-3-2-4-6-17/h2-8,13-14,18,21H,9-12,15-16H2,1H3. The zero-order valence-corrected chi connectivity index (χ0v) is 15.4. The zero-order valence-electron chi connectivity index (χ0n) is 15.4. The summed E-state index contributed by atoms with van der Waals surface area (Å²) in [6.45, 7) is 4.44. The molecule has 0 saturated carbocycles. The van der Waals surface area contributed by atoms with Gasteiger partial charge in [-0.15, -0.1) is 0 Å². The van der Waals surface area contributed by atoms with E-state index in [2.05, 4.69) is 65.2 Å². The van der Waals surface area contributed by atoms with Crippen molar-refractivity contribution in [3.8, 4) is 5.75 Å². The van der Waals surface area contributed by atoms with Gasteiger partial charge in [0.1, 0.15) is 12.4 Å². The number of rotatable bonds is 4. The van der Waals surface area contributed by atoms with Crippen LogP contribution in [0.4, 0.5) is 0 Å². The van der Waals surface area contributed by atoms with Crippen molar-refractivity contribution >= 4 is 10.9 Å². The minimum Gasteiger partial charge on any atom is -0.489 e. The van der Waals surface area contributed by atoms with Crippen molar-refractivity contribution in [1.82, 2.24) is 9.47 Å². The molecule has 2 bridgehead atoms. The molecule has 134 valence electrons. The molecule has 2 aromatic carbocycles. The molecule has 3 nitrogen and oxygen atoms in total. The first-order valence-electron chi connectivity index (χ1n) is 9.76. The summed E-state index contributed by atoms with van der Waals surface area (Å²) >= 11 is 0. The van der Waals surface area contributed by atoms with Crippen LogP contribution in [0.5, 0.6) is 5.75 Å². The van der Waals surface area contributed by atoms with Gasteiger partial charge in [-0.05, 0) is 55.1 Å². The van der Waals surface area contributed by atoms with E-state index < -0.39 is 0 Å². The summed E-state index contributed by atoms with van der Waals surface area (Å²) in [5.74, 6) is 2.50. The summed E-state index contributed by atoms with van der Waals surface area (Å²) in [6.07, 6.45) is 5.08. The highest BCUT2D eigenvalue weighted by Gasteiger charge is 2.36. The molecular weight excluding hydrogens is 320 g/mol. The van der Waals surface area contributed by atoms with Gasteiger partial charge in [0.05, 0.1) is 5.52 Å². The molecule has 0 spiro atoms. The lowest BCUT2D eigenvalue weighted by Crippen LogP contribution is -2.46. The van der Waals surface area contributed by atoms with Crippen LogP contribution in [0.25, 0.3) is 10.9 Å². The van der Waals surface area contributed by atoms with E-state index in [0.717, 1.165) is 11.7 Å². The molecule has 3 heteroatoms. The minimum atomic E-state index is 0.614. The Balaban J connectivity index is 1.42. The molecule has 3 fully saturated rings. The maximum Gasteiger partial charge on any atom is 0.121 e. The van der Waals surface area contributed by atoms with Crippen molar-refractivity contribution in [1.29, 1.82) is 0 Å². The molecule has 3 aliphatic rings. The molecule has 1 atom stereocenters. The van der Waals surface area contributed by atoms with Crippen LogP contribution in [-0.2, 0) is 13.7 Å². The van der Waals surface area contributed by atoms with Gasteiger partial charge in [0.25, 0.3) is 0 Å². The molecule has 0 amide bonds.